The summed E-state index contributed by atoms with van der Waals surface area (Å²) in [6.07, 6.45) is 0.739. The zero-order valence-electron chi connectivity index (χ0n) is 11.6. The molecule has 0 bridgehead atoms. The predicted octanol–water partition coefficient (Wildman–Crippen LogP) is 3.47. The standard InChI is InChI=1S/C15H16ClN3O/c1-10-4-3-5-13-15(10)17-14(6-7-16)19(13)9-12-8-11(2)18-20-12/h3-5,8H,6-7,9H2,1-2H3. The molecule has 4 nitrogen and oxygen atoms in total. The molecule has 104 valence electrons. The van der Waals surface area contributed by atoms with Gasteiger partial charge in [-0.1, -0.05) is 17.3 Å². The lowest BCUT2D eigenvalue weighted by Gasteiger charge is -2.05. The Labute approximate surface area is 122 Å². The highest BCUT2D eigenvalue weighted by molar-refractivity contribution is 6.17. The maximum absolute atomic E-state index is 5.89. The van der Waals surface area contributed by atoms with Gasteiger partial charge >= 0.3 is 0 Å². The van der Waals surface area contributed by atoms with Crippen LogP contribution in [-0.2, 0) is 13.0 Å². The summed E-state index contributed by atoms with van der Waals surface area (Å²) in [5.41, 5.74) is 4.20. The number of aryl methyl sites for hydroxylation is 3. The third-order valence-corrected chi connectivity index (χ3v) is 3.56. The summed E-state index contributed by atoms with van der Waals surface area (Å²) in [5.74, 6) is 2.37. The van der Waals surface area contributed by atoms with Crippen molar-refractivity contribution in [1.29, 1.82) is 0 Å². The van der Waals surface area contributed by atoms with Crippen LogP contribution < -0.4 is 0 Å². The second kappa shape index (κ2) is 5.29. The van der Waals surface area contributed by atoms with Gasteiger partial charge in [0.05, 0.1) is 23.3 Å². The average Bonchev–Trinajstić information content (AvgIpc) is 2.97. The van der Waals surface area contributed by atoms with E-state index >= 15 is 0 Å². The van der Waals surface area contributed by atoms with Crippen molar-refractivity contribution < 1.29 is 4.52 Å². The van der Waals surface area contributed by atoms with Crippen molar-refractivity contribution >= 4 is 22.6 Å². The molecule has 3 rings (SSSR count). The number of hydrogen-bond acceptors (Lipinski definition) is 3. The largest absolute Gasteiger partial charge is 0.359 e. The molecular weight excluding hydrogens is 274 g/mol. The van der Waals surface area contributed by atoms with Crippen LogP contribution in [0.25, 0.3) is 11.0 Å². The Balaban J connectivity index is 2.11. The fourth-order valence-electron chi connectivity index (χ4n) is 2.43. The molecule has 0 saturated carbocycles. The third kappa shape index (κ3) is 2.31. The summed E-state index contributed by atoms with van der Waals surface area (Å²) in [5, 5.41) is 3.94. The van der Waals surface area contributed by atoms with Gasteiger partial charge < -0.3 is 9.09 Å². The van der Waals surface area contributed by atoms with Gasteiger partial charge in [-0.15, -0.1) is 11.6 Å². The number of rotatable bonds is 4. The number of para-hydroxylation sites is 1. The van der Waals surface area contributed by atoms with Gasteiger partial charge in [-0.2, -0.15) is 0 Å². The lowest BCUT2D eigenvalue weighted by molar-refractivity contribution is 0.373. The van der Waals surface area contributed by atoms with Crippen LogP contribution in [0.1, 0.15) is 22.8 Å². The molecule has 0 N–H and O–H groups in total. The Hall–Kier alpha value is -1.81. The van der Waals surface area contributed by atoms with Crippen molar-refractivity contribution in [2.75, 3.05) is 5.88 Å². The number of hydrogen-bond donors (Lipinski definition) is 0. The van der Waals surface area contributed by atoms with E-state index in [9.17, 15) is 0 Å². The monoisotopic (exact) mass is 289 g/mol. The first-order chi connectivity index (χ1) is 9.69. The number of benzene rings is 1. The molecule has 0 atom stereocenters. The van der Waals surface area contributed by atoms with Crippen molar-refractivity contribution in [3.05, 3.63) is 47.1 Å². The van der Waals surface area contributed by atoms with Gasteiger partial charge in [0.2, 0.25) is 0 Å². The lowest BCUT2D eigenvalue weighted by atomic mass is 10.2. The van der Waals surface area contributed by atoms with Gasteiger partial charge in [0.25, 0.3) is 0 Å². The minimum Gasteiger partial charge on any atom is -0.359 e. The topological polar surface area (TPSA) is 43.9 Å². The van der Waals surface area contributed by atoms with E-state index in [1.54, 1.807) is 0 Å². The van der Waals surface area contributed by atoms with E-state index in [0.717, 1.165) is 34.7 Å². The number of halogens is 1. The molecule has 2 aromatic heterocycles. The molecule has 0 spiro atoms. The number of aromatic nitrogens is 3. The van der Waals surface area contributed by atoms with Crippen LogP contribution in [0.4, 0.5) is 0 Å². The Morgan fingerprint density at radius 3 is 2.85 bits per heavy atom. The van der Waals surface area contributed by atoms with Crippen molar-refractivity contribution in [3.8, 4) is 0 Å². The minimum atomic E-state index is 0.553. The average molecular weight is 290 g/mol. The predicted molar refractivity (Wildman–Crippen MR) is 79.2 cm³/mol. The number of nitrogens with zero attached hydrogens (tertiary/aromatic N) is 3. The first-order valence-corrected chi connectivity index (χ1v) is 7.15. The van der Waals surface area contributed by atoms with Crippen molar-refractivity contribution in [3.63, 3.8) is 0 Å². The molecule has 0 aliphatic rings. The summed E-state index contributed by atoms with van der Waals surface area (Å²) in [4.78, 5) is 4.72. The molecule has 2 heterocycles. The van der Waals surface area contributed by atoms with Crippen molar-refractivity contribution in [1.82, 2.24) is 14.7 Å². The maximum Gasteiger partial charge on any atom is 0.156 e. The summed E-state index contributed by atoms with van der Waals surface area (Å²) in [6.45, 7) is 4.62. The van der Waals surface area contributed by atoms with Crippen LogP contribution in [0.5, 0.6) is 0 Å². The first-order valence-electron chi connectivity index (χ1n) is 6.62. The second-order valence-corrected chi connectivity index (χ2v) is 5.31. The van der Waals surface area contributed by atoms with Gasteiger partial charge in [-0.25, -0.2) is 4.98 Å². The zero-order valence-corrected chi connectivity index (χ0v) is 12.3. The van der Waals surface area contributed by atoms with Crippen LogP contribution in [0.3, 0.4) is 0 Å². The van der Waals surface area contributed by atoms with E-state index in [1.165, 1.54) is 5.56 Å². The van der Waals surface area contributed by atoms with E-state index in [0.29, 0.717) is 12.4 Å². The van der Waals surface area contributed by atoms with E-state index < -0.39 is 0 Å². The normalized spacial score (nSPS) is 11.3. The molecule has 0 unspecified atom stereocenters. The Morgan fingerprint density at radius 1 is 1.30 bits per heavy atom. The lowest BCUT2D eigenvalue weighted by Crippen LogP contribution is -2.05. The van der Waals surface area contributed by atoms with Gasteiger partial charge in [0.1, 0.15) is 5.82 Å². The van der Waals surface area contributed by atoms with Crippen LogP contribution in [0.2, 0.25) is 0 Å². The highest BCUT2D eigenvalue weighted by Crippen LogP contribution is 2.21. The molecule has 0 amide bonds. The molecule has 1 aromatic carbocycles. The molecule has 3 aromatic rings. The fraction of sp³-hybridized carbons (Fsp3) is 0.333. The summed E-state index contributed by atoms with van der Waals surface area (Å²) >= 11 is 5.89. The first kappa shape index (κ1) is 13.2. The van der Waals surface area contributed by atoms with Crippen LogP contribution in [0, 0.1) is 13.8 Å². The Bertz CT molecular complexity index is 745. The summed E-state index contributed by atoms with van der Waals surface area (Å²) in [7, 11) is 0. The van der Waals surface area contributed by atoms with Gasteiger partial charge in [-0.3, -0.25) is 0 Å². The molecule has 0 aliphatic carbocycles. The zero-order chi connectivity index (χ0) is 14.1. The smallest absolute Gasteiger partial charge is 0.156 e. The van der Waals surface area contributed by atoms with E-state index in [1.807, 2.05) is 19.1 Å². The van der Waals surface area contributed by atoms with Crippen LogP contribution in [-0.4, -0.2) is 20.6 Å². The molecule has 0 aliphatic heterocycles. The van der Waals surface area contributed by atoms with Crippen LogP contribution in [0.15, 0.2) is 28.8 Å². The molecule has 5 heteroatoms. The van der Waals surface area contributed by atoms with E-state index in [4.69, 9.17) is 21.1 Å². The Kier molecular flexibility index (Phi) is 3.49. The van der Waals surface area contributed by atoms with Crippen molar-refractivity contribution in [2.24, 2.45) is 0 Å². The summed E-state index contributed by atoms with van der Waals surface area (Å²) in [6, 6.07) is 8.15. The van der Waals surface area contributed by atoms with Gasteiger partial charge in [-0.05, 0) is 25.5 Å². The third-order valence-electron chi connectivity index (χ3n) is 3.37. The number of alkyl halides is 1. The van der Waals surface area contributed by atoms with Crippen LogP contribution >= 0.6 is 11.6 Å². The SMILES string of the molecule is Cc1cc(Cn2c(CCCl)nc3c(C)cccc32)on1. The van der Waals surface area contributed by atoms with E-state index in [-0.39, 0.29) is 0 Å². The minimum absolute atomic E-state index is 0.553. The Morgan fingerprint density at radius 2 is 2.15 bits per heavy atom. The highest BCUT2D eigenvalue weighted by Gasteiger charge is 2.13. The van der Waals surface area contributed by atoms with E-state index in [2.05, 4.69) is 28.8 Å². The van der Waals surface area contributed by atoms with Crippen molar-refractivity contribution in [2.45, 2.75) is 26.8 Å². The molecule has 20 heavy (non-hydrogen) atoms. The summed E-state index contributed by atoms with van der Waals surface area (Å²) < 4.78 is 7.48. The second-order valence-electron chi connectivity index (χ2n) is 4.93. The molecular formula is C15H16ClN3O. The molecule has 0 radical (unpaired) electrons. The highest BCUT2D eigenvalue weighted by atomic mass is 35.5. The number of fused-ring (bicyclic) bond motifs is 1. The molecule has 0 saturated heterocycles. The quantitative estimate of drug-likeness (QED) is 0.691. The van der Waals surface area contributed by atoms with Gasteiger partial charge in [0, 0.05) is 18.4 Å². The fourth-order valence-corrected chi connectivity index (χ4v) is 2.60. The molecule has 0 fully saturated rings. The maximum atomic E-state index is 5.89. The number of imidazole rings is 1. The van der Waals surface area contributed by atoms with Gasteiger partial charge in [0.15, 0.2) is 5.76 Å².